The van der Waals surface area contributed by atoms with Crippen molar-refractivity contribution in [1.29, 1.82) is 0 Å². The fourth-order valence-corrected chi connectivity index (χ4v) is 1.20. The smallest absolute Gasteiger partial charge is 0.161 e. The van der Waals surface area contributed by atoms with Crippen LogP contribution in [0.5, 0.6) is 0 Å². The third kappa shape index (κ3) is 1.65. The van der Waals surface area contributed by atoms with Crippen molar-refractivity contribution in [3.05, 3.63) is 35.7 Å². The molecule has 0 aliphatic carbocycles. The molecular weight excluding hydrogens is 207 g/mol. The van der Waals surface area contributed by atoms with Crippen molar-refractivity contribution in [3.63, 3.8) is 0 Å². The number of anilines is 1. The van der Waals surface area contributed by atoms with Gasteiger partial charge in [-0.25, -0.2) is 13.2 Å². The first-order valence-electron chi connectivity index (χ1n) is 4.03. The van der Waals surface area contributed by atoms with Crippen molar-refractivity contribution in [2.45, 2.75) is 0 Å². The molecule has 3 nitrogen and oxygen atoms in total. The lowest BCUT2D eigenvalue weighted by molar-refractivity contribution is 0.496. The molecule has 0 aliphatic heterocycles. The van der Waals surface area contributed by atoms with E-state index in [9.17, 15) is 13.2 Å². The second-order valence-corrected chi connectivity index (χ2v) is 2.95. The van der Waals surface area contributed by atoms with Crippen LogP contribution in [-0.4, -0.2) is 10.2 Å². The van der Waals surface area contributed by atoms with Crippen LogP contribution in [0.1, 0.15) is 0 Å². The summed E-state index contributed by atoms with van der Waals surface area (Å²) in [4.78, 5) is 0. The Hall–Kier alpha value is -1.98. The predicted molar refractivity (Wildman–Crippen MR) is 48.3 cm³/mol. The third-order valence-corrected chi connectivity index (χ3v) is 1.90. The quantitative estimate of drug-likeness (QED) is 0.712. The molecule has 0 unspecified atom stereocenters. The highest BCUT2D eigenvalue weighted by Gasteiger charge is 2.12. The standard InChI is InChI=1S/C9H6F3N3/c10-5-2-7(12)6(11)1-4(5)8-3-9(13)15-14-8/h1-3H,(H3,13,14,15). The summed E-state index contributed by atoms with van der Waals surface area (Å²) >= 11 is 0. The van der Waals surface area contributed by atoms with Crippen molar-refractivity contribution in [1.82, 2.24) is 10.2 Å². The number of nitrogens with one attached hydrogen (secondary N) is 1. The number of benzene rings is 1. The molecular formula is C9H6F3N3. The molecule has 15 heavy (non-hydrogen) atoms. The first-order valence-corrected chi connectivity index (χ1v) is 4.03. The maximum Gasteiger partial charge on any atom is 0.161 e. The molecule has 0 spiro atoms. The molecule has 0 saturated heterocycles. The van der Waals surface area contributed by atoms with Gasteiger partial charge in [0.05, 0.1) is 5.69 Å². The second kappa shape index (κ2) is 3.30. The number of halogens is 3. The van der Waals surface area contributed by atoms with E-state index in [1.807, 2.05) is 0 Å². The van der Waals surface area contributed by atoms with Crippen LogP contribution in [-0.2, 0) is 0 Å². The van der Waals surface area contributed by atoms with Gasteiger partial charge in [-0.15, -0.1) is 0 Å². The summed E-state index contributed by atoms with van der Waals surface area (Å²) in [6.07, 6.45) is 0. The minimum atomic E-state index is -1.23. The van der Waals surface area contributed by atoms with E-state index in [2.05, 4.69) is 10.2 Å². The second-order valence-electron chi connectivity index (χ2n) is 2.95. The first-order chi connectivity index (χ1) is 7.08. The lowest BCUT2D eigenvalue weighted by Gasteiger charge is -2.00. The van der Waals surface area contributed by atoms with Crippen LogP contribution >= 0.6 is 0 Å². The number of hydrogen-bond donors (Lipinski definition) is 2. The molecule has 0 fully saturated rings. The van der Waals surface area contributed by atoms with Gasteiger partial charge in [0.1, 0.15) is 11.6 Å². The Morgan fingerprint density at radius 3 is 2.27 bits per heavy atom. The van der Waals surface area contributed by atoms with Crippen molar-refractivity contribution in [2.75, 3.05) is 5.73 Å². The Morgan fingerprint density at radius 2 is 1.67 bits per heavy atom. The summed E-state index contributed by atoms with van der Waals surface area (Å²) in [5, 5.41) is 5.96. The number of nitrogen functional groups attached to an aromatic ring is 1. The van der Waals surface area contributed by atoms with Gasteiger partial charge in [0.15, 0.2) is 11.6 Å². The zero-order valence-electron chi connectivity index (χ0n) is 7.39. The molecule has 0 bridgehead atoms. The van der Waals surface area contributed by atoms with E-state index in [4.69, 9.17) is 5.73 Å². The number of nitrogens with two attached hydrogens (primary N) is 1. The third-order valence-electron chi connectivity index (χ3n) is 1.90. The van der Waals surface area contributed by atoms with Crippen molar-refractivity contribution >= 4 is 5.82 Å². The molecule has 1 aromatic heterocycles. The number of hydrogen-bond acceptors (Lipinski definition) is 2. The summed E-state index contributed by atoms with van der Waals surface area (Å²) < 4.78 is 38.7. The van der Waals surface area contributed by atoms with Crippen molar-refractivity contribution in [2.24, 2.45) is 0 Å². The van der Waals surface area contributed by atoms with Gasteiger partial charge < -0.3 is 5.73 Å². The minimum absolute atomic E-state index is 0.113. The Labute approximate surface area is 82.7 Å². The van der Waals surface area contributed by atoms with Crippen molar-refractivity contribution in [3.8, 4) is 11.3 Å². The highest BCUT2D eigenvalue weighted by atomic mass is 19.2. The lowest BCUT2D eigenvalue weighted by atomic mass is 10.1. The number of nitrogens with zero attached hydrogens (tertiary/aromatic N) is 1. The summed E-state index contributed by atoms with van der Waals surface area (Å²) in [7, 11) is 0. The van der Waals surface area contributed by atoms with E-state index in [-0.39, 0.29) is 17.1 Å². The van der Waals surface area contributed by atoms with Gasteiger partial charge in [0, 0.05) is 17.7 Å². The van der Waals surface area contributed by atoms with Crippen LogP contribution in [0.25, 0.3) is 11.3 Å². The van der Waals surface area contributed by atoms with Crippen LogP contribution < -0.4 is 5.73 Å². The molecule has 2 aromatic rings. The molecule has 0 radical (unpaired) electrons. The Kier molecular flexibility index (Phi) is 2.11. The first kappa shape index (κ1) is 9.57. The van der Waals surface area contributed by atoms with E-state index >= 15 is 0 Å². The average Bonchev–Trinajstić information content (AvgIpc) is 2.58. The molecule has 2 rings (SSSR count). The van der Waals surface area contributed by atoms with Crippen LogP contribution in [0, 0.1) is 17.5 Å². The average molecular weight is 213 g/mol. The highest BCUT2D eigenvalue weighted by molar-refractivity contribution is 5.62. The highest BCUT2D eigenvalue weighted by Crippen LogP contribution is 2.24. The lowest BCUT2D eigenvalue weighted by Crippen LogP contribution is -1.91. The van der Waals surface area contributed by atoms with Gasteiger partial charge in [-0.3, -0.25) is 5.10 Å². The molecule has 0 amide bonds. The molecule has 1 heterocycles. The molecule has 0 atom stereocenters. The summed E-state index contributed by atoms with van der Waals surface area (Å²) in [5.74, 6) is -3.09. The van der Waals surface area contributed by atoms with Gasteiger partial charge in [-0.2, -0.15) is 5.10 Å². The topological polar surface area (TPSA) is 54.7 Å². The fraction of sp³-hybridized carbons (Fsp3) is 0. The zero-order valence-corrected chi connectivity index (χ0v) is 7.39. The van der Waals surface area contributed by atoms with Crippen molar-refractivity contribution < 1.29 is 13.2 Å². The maximum absolute atomic E-state index is 13.2. The van der Waals surface area contributed by atoms with Crippen LogP contribution in [0.15, 0.2) is 18.2 Å². The Bertz CT molecular complexity index is 507. The van der Waals surface area contributed by atoms with Gasteiger partial charge in [-0.1, -0.05) is 0 Å². The SMILES string of the molecule is Nc1cc(-c2cc(F)c(F)cc2F)[nH]n1. The van der Waals surface area contributed by atoms with Gasteiger partial charge in [0.2, 0.25) is 0 Å². The molecule has 78 valence electrons. The van der Waals surface area contributed by atoms with Gasteiger partial charge >= 0.3 is 0 Å². The number of rotatable bonds is 1. The van der Waals surface area contributed by atoms with Crippen LogP contribution in [0.4, 0.5) is 19.0 Å². The van der Waals surface area contributed by atoms with E-state index < -0.39 is 17.5 Å². The normalized spacial score (nSPS) is 10.6. The summed E-state index contributed by atoms with van der Waals surface area (Å²) in [6, 6.07) is 2.55. The predicted octanol–water partition coefficient (Wildman–Crippen LogP) is 2.08. The Balaban J connectivity index is 2.58. The zero-order chi connectivity index (χ0) is 11.0. The van der Waals surface area contributed by atoms with Gasteiger partial charge in [-0.05, 0) is 6.07 Å². The largest absolute Gasteiger partial charge is 0.382 e. The molecule has 0 aliphatic rings. The fourth-order valence-electron chi connectivity index (χ4n) is 1.20. The molecule has 3 N–H and O–H groups in total. The van der Waals surface area contributed by atoms with E-state index in [1.54, 1.807) is 0 Å². The summed E-state index contributed by atoms with van der Waals surface area (Å²) in [5.41, 5.74) is 5.39. The van der Waals surface area contributed by atoms with E-state index in [0.29, 0.717) is 6.07 Å². The minimum Gasteiger partial charge on any atom is -0.382 e. The number of H-pyrrole nitrogens is 1. The maximum atomic E-state index is 13.2. The van der Waals surface area contributed by atoms with Gasteiger partial charge in [0.25, 0.3) is 0 Å². The van der Waals surface area contributed by atoms with E-state index in [1.165, 1.54) is 6.07 Å². The Morgan fingerprint density at radius 1 is 1.00 bits per heavy atom. The van der Waals surface area contributed by atoms with E-state index in [0.717, 1.165) is 6.07 Å². The molecule has 0 saturated carbocycles. The number of aromatic nitrogens is 2. The number of aromatic amines is 1. The van der Waals surface area contributed by atoms with Crippen LogP contribution in [0.3, 0.4) is 0 Å². The molecule has 1 aromatic carbocycles. The molecule has 6 heteroatoms. The summed E-state index contributed by atoms with van der Waals surface area (Å²) in [6.45, 7) is 0. The van der Waals surface area contributed by atoms with Crippen LogP contribution in [0.2, 0.25) is 0 Å². The monoisotopic (exact) mass is 213 g/mol.